The van der Waals surface area contributed by atoms with Gasteiger partial charge in [0.05, 0.1) is 5.70 Å². The van der Waals surface area contributed by atoms with Crippen molar-refractivity contribution in [1.82, 2.24) is 4.98 Å². The molecule has 0 saturated heterocycles. The molecule has 1 N–H and O–H groups in total. The van der Waals surface area contributed by atoms with Crippen LogP contribution in [-0.2, 0) is 0 Å². The lowest BCUT2D eigenvalue weighted by Gasteiger charge is -2.08. The van der Waals surface area contributed by atoms with Gasteiger partial charge < -0.3 is 4.98 Å². The van der Waals surface area contributed by atoms with Crippen LogP contribution in [0.3, 0.4) is 0 Å². The second-order valence-electron chi connectivity index (χ2n) is 4.11. The molecule has 0 aliphatic carbocycles. The van der Waals surface area contributed by atoms with Gasteiger partial charge in [-0.15, -0.1) is 0 Å². The highest BCUT2D eigenvalue weighted by Crippen LogP contribution is 2.30. The van der Waals surface area contributed by atoms with Crippen LogP contribution in [-0.4, -0.2) is 10.2 Å². The molecule has 0 radical (unpaired) electrons. The average Bonchev–Trinajstić information content (AvgIpc) is 3.01. The van der Waals surface area contributed by atoms with Crippen molar-refractivity contribution in [3.8, 4) is 0 Å². The monoisotopic (exact) mass is 288 g/mol. The lowest BCUT2D eigenvalue weighted by molar-refractivity contribution is 1.32. The average molecular weight is 289 g/mol. The van der Waals surface area contributed by atoms with Gasteiger partial charge >= 0.3 is 0 Å². The van der Waals surface area contributed by atoms with Gasteiger partial charge in [-0.2, -0.15) is 0 Å². The van der Waals surface area contributed by atoms with E-state index in [0.29, 0.717) is 10.3 Å². The van der Waals surface area contributed by atoms with Crippen LogP contribution in [0.5, 0.6) is 0 Å². The Morgan fingerprint density at radius 2 is 1.74 bits per heavy atom. The number of aliphatic imine (C=N–C) groups is 1. The number of allylic oxidation sites excluding steroid dienone is 2. The highest BCUT2D eigenvalue weighted by molar-refractivity contribution is 6.69. The molecular formula is C15H10Cl2N2. The Bertz CT molecular complexity index is 694. The zero-order valence-electron chi connectivity index (χ0n) is 9.90. The van der Waals surface area contributed by atoms with Crippen molar-refractivity contribution in [1.29, 1.82) is 0 Å². The van der Waals surface area contributed by atoms with E-state index in [1.165, 1.54) is 0 Å². The van der Waals surface area contributed by atoms with Crippen LogP contribution in [0.1, 0.15) is 11.3 Å². The van der Waals surface area contributed by atoms with Crippen LogP contribution in [0.4, 0.5) is 0 Å². The van der Waals surface area contributed by atoms with Crippen molar-refractivity contribution >= 4 is 33.9 Å². The van der Waals surface area contributed by atoms with Crippen molar-refractivity contribution < 1.29 is 0 Å². The Morgan fingerprint density at radius 1 is 0.947 bits per heavy atom. The molecule has 1 aromatic carbocycles. The first-order valence-electron chi connectivity index (χ1n) is 5.81. The Morgan fingerprint density at radius 3 is 2.32 bits per heavy atom. The van der Waals surface area contributed by atoms with Crippen LogP contribution in [0.25, 0.3) is 5.57 Å². The third-order valence-electron chi connectivity index (χ3n) is 2.84. The van der Waals surface area contributed by atoms with Crippen molar-refractivity contribution in [3.05, 3.63) is 76.7 Å². The highest BCUT2D eigenvalue weighted by atomic mass is 35.5. The predicted molar refractivity (Wildman–Crippen MR) is 80.7 cm³/mol. The summed E-state index contributed by atoms with van der Waals surface area (Å²) in [7, 11) is 0. The molecule has 1 aromatic heterocycles. The molecule has 2 aromatic rings. The normalized spacial score (nSPS) is 16.6. The molecule has 2 heterocycles. The fourth-order valence-electron chi connectivity index (χ4n) is 2.04. The van der Waals surface area contributed by atoms with Gasteiger partial charge in [-0.05, 0) is 29.8 Å². The van der Waals surface area contributed by atoms with Gasteiger partial charge in [0.15, 0.2) is 0 Å². The van der Waals surface area contributed by atoms with E-state index in [-0.39, 0.29) is 0 Å². The number of benzene rings is 1. The minimum Gasteiger partial charge on any atom is -0.346 e. The van der Waals surface area contributed by atoms with E-state index in [1.54, 1.807) is 6.08 Å². The topological polar surface area (TPSA) is 28.1 Å². The summed E-state index contributed by atoms with van der Waals surface area (Å²) in [6.45, 7) is 0. The Labute approximate surface area is 121 Å². The van der Waals surface area contributed by atoms with Gasteiger partial charge in [-0.3, -0.25) is 0 Å². The van der Waals surface area contributed by atoms with Crippen LogP contribution >= 0.6 is 23.2 Å². The first-order chi connectivity index (χ1) is 9.24. The molecule has 3 rings (SSSR count). The Balaban J connectivity index is 2.21. The maximum atomic E-state index is 5.97. The Kier molecular flexibility index (Phi) is 3.28. The van der Waals surface area contributed by atoms with Crippen LogP contribution < -0.4 is 0 Å². The third kappa shape index (κ3) is 2.50. The minimum absolute atomic E-state index is 0.487. The standard InChI is InChI=1S/C15H10Cl2N2/c16-13-8-6-11(18-13)15(10-4-2-1-3-5-10)12-7-9-14(17)19-12/h1-9,18H/b15-12-. The lowest BCUT2D eigenvalue weighted by atomic mass is 10.0. The number of hydrogen-bond donors (Lipinski definition) is 1. The molecule has 0 spiro atoms. The SMILES string of the molecule is ClC1=N/C(=C(/c2ccccc2)c2ccc(Cl)[nH]2)C=C1. The molecule has 0 saturated carbocycles. The van der Waals surface area contributed by atoms with Gasteiger partial charge in [0.2, 0.25) is 0 Å². The summed E-state index contributed by atoms with van der Waals surface area (Å²) in [4.78, 5) is 7.47. The second-order valence-corrected chi connectivity index (χ2v) is 4.91. The summed E-state index contributed by atoms with van der Waals surface area (Å²) in [6, 6.07) is 13.8. The number of aromatic amines is 1. The third-order valence-corrected chi connectivity index (χ3v) is 3.28. The number of hydrogen-bond acceptors (Lipinski definition) is 1. The van der Waals surface area contributed by atoms with Crippen molar-refractivity contribution in [2.24, 2.45) is 4.99 Å². The number of H-pyrrole nitrogens is 1. The van der Waals surface area contributed by atoms with Gasteiger partial charge in [-0.1, -0.05) is 53.5 Å². The van der Waals surface area contributed by atoms with Gasteiger partial charge in [0.1, 0.15) is 10.3 Å². The molecule has 0 bridgehead atoms. The van der Waals surface area contributed by atoms with E-state index in [1.807, 2.05) is 48.5 Å². The van der Waals surface area contributed by atoms with E-state index in [2.05, 4.69) is 9.98 Å². The molecule has 1 aliphatic heterocycles. The smallest absolute Gasteiger partial charge is 0.129 e. The zero-order chi connectivity index (χ0) is 13.2. The highest BCUT2D eigenvalue weighted by Gasteiger charge is 2.14. The second kappa shape index (κ2) is 5.08. The van der Waals surface area contributed by atoms with Crippen LogP contribution in [0.2, 0.25) is 5.15 Å². The van der Waals surface area contributed by atoms with E-state index >= 15 is 0 Å². The lowest BCUT2D eigenvalue weighted by Crippen LogP contribution is -1.91. The van der Waals surface area contributed by atoms with Gasteiger partial charge in [0.25, 0.3) is 0 Å². The van der Waals surface area contributed by atoms with Crippen LogP contribution in [0.15, 0.2) is 65.3 Å². The fourth-order valence-corrected chi connectivity index (χ4v) is 2.36. The van der Waals surface area contributed by atoms with E-state index < -0.39 is 0 Å². The summed E-state index contributed by atoms with van der Waals surface area (Å²) in [5.41, 5.74) is 3.80. The van der Waals surface area contributed by atoms with E-state index in [4.69, 9.17) is 23.2 Å². The summed E-state index contributed by atoms with van der Waals surface area (Å²) in [5.74, 6) is 0. The largest absolute Gasteiger partial charge is 0.346 e. The molecule has 4 heteroatoms. The summed E-state index contributed by atoms with van der Waals surface area (Å²) < 4.78 is 0. The summed E-state index contributed by atoms with van der Waals surface area (Å²) in [6.07, 6.45) is 3.68. The maximum absolute atomic E-state index is 5.97. The minimum atomic E-state index is 0.487. The summed E-state index contributed by atoms with van der Waals surface area (Å²) >= 11 is 11.9. The molecule has 94 valence electrons. The maximum Gasteiger partial charge on any atom is 0.129 e. The number of aromatic nitrogens is 1. The zero-order valence-corrected chi connectivity index (χ0v) is 11.4. The quantitative estimate of drug-likeness (QED) is 0.834. The van der Waals surface area contributed by atoms with Crippen LogP contribution in [0, 0.1) is 0 Å². The molecule has 0 fully saturated rings. The molecule has 0 amide bonds. The van der Waals surface area contributed by atoms with Crippen molar-refractivity contribution in [3.63, 3.8) is 0 Å². The molecule has 19 heavy (non-hydrogen) atoms. The Hall–Kier alpha value is -1.77. The molecular weight excluding hydrogens is 279 g/mol. The molecule has 2 nitrogen and oxygen atoms in total. The van der Waals surface area contributed by atoms with Gasteiger partial charge in [-0.25, -0.2) is 4.99 Å². The molecule has 1 aliphatic rings. The van der Waals surface area contributed by atoms with Gasteiger partial charge in [0, 0.05) is 11.3 Å². The van der Waals surface area contributed by atoms with E-state index in [0.717, 1.165) is 22.5 Å². The van der Waals surface area contributed by atoms with Crippen molar-refractivity contribution in [2.45, 2.75) is 0 Å². The molecule has 0 atom stereocenters. The number of rotatable bonds is 2. The number of halogens is 2. The van der Waals surface area contributed by atoms with Crippen molar-refractivity contribution in [2.75, 3.05) is 0 Å². The predicted octanol–water partition coefficient (Wildman–Crippen LogP) is 4.63. The number of nitrogens with zero attached hydrogens (tertiary/aromatic N) is 1. The fraction of sp³-hybridized carbons (Fsp3) is 0. The first kappa shape index (κ1) is 12.3. The first-order valence-corrected chi connectivity index (χ1v) is 6.56. The summed E-state index contributed by atoms with van der Waals surface area (Å²) in [5, 5.41) is 1.09. The van der Waals surface area contributed by atoms with E-state index in [9.17, 15) is 0 Å². The molecule has 0 unspecified atom stereocenters. The number of nitrogens with one attached hydrogen (secondary N) is 1.